The molecule has 2 rings (SSSR count). The zero-order valence-corrected chi connectivity index (χ0v) is 16.1. The number of amides is 1. The van der Waals surface area contributed by atoms with E-state index in [0.717, 1.165) is 36.8 Å². The van der Waals surface area contributed by atoms with Crippen molar-refractivity contribution in [1.82, 2.24) is 9.62 Å². The Labute approximate surface area is 151 Å². The maximum Gasteiger partial charge on any atom is 0.221 e. The highest BCUT2D eigenvalue weighted by atomic mass is 32.2. The summed E-state index contributed by atoms with van der Waals surface area (Å²) in [6.45, 7) is 2.51. The van der Waals surface area contributed by atoms with E-state index in [0.29, 0.717) is 6.54 Å². The van der Waals surface area contributed by atoms with Gasteiger partial charge in [-0.05, 0) is 25.3 Å². The Bertz CT molecular complexity index is 648. The molecule has 1 amide bonds. The Morgan fingerprint density at radius 3 is 2.28 bits per heavy atom. The van der Waals surface area contributed by atoms with Gasteiger partial charge in [0.05, 0.1) is 6.26 Å². The van der Waals surface area contributed by atoms with Crippen molar-refractivity contribution in [3.8, 4) is 0 Å². The second-order valence-electron chi connectivity index (χ2n) is 7.09. The lowest BCUT2D eigenvalue weighted by molar-refractivity contribution is -0.122. The topological polar surface area (TPSA) is 66.5 Å². The van der Waals surface area contributed by atoms with Crippen LogP contribution >= 0.6 is 0 Å². The third-order valence-corrected chi connectivity index (χ3v) is 6.01. The van der Waals surface area contributed by atoms with Crippen LogP contribution in [0, 0.1) is 6.92 Å². The second-order valence-corrected chi connectivity index (χ2v) is 9.07. The van der Waals surface area contributed by atoms with Gasteiger partial charge in [0.2, 0.25) is 15.9 Å². The number of hydrogen-bond donors (Lipinski definition) is 1. The molecule has 0 spiro atoms. The summed E-state index contributed by atoms with van der Waals surface area (Å²) in [6, 6.07) is 8.04. The van der Waals surface area contributed by atoms with Gasteiger partial charge in [-0.3, -0.25) is 4.79 Å². The highest BCUT2D eigenvalue weighted by Crippen LogP contribution is 2.17. The van der Waals surface area contributed by atoms with Gasteiger partial charge in [-0.15, -0.1) is 0 Å². The van der Waals surface area contributed by atoms with E-state index in [4.69, 9.17) is 0 Å². The van der Waals surface area contributed by atoms with Crippen LogP contribution in [-0.4, -0.2) is 37.5 Å². The fourth-order valence-electron chi connectivity index (χ4n) is 3.21. The van der Waals surface area contributed by atoms with Crippen molar-refractivity contribution >= 4 is 15.9 Å². The molecule has 1 aromatic carbocycles. The monoisotopic (exact) mass is 366 g/mol. The smallest absolute Gasteiger partial charge is 0.221 e. The van der Waals surface area contributed by atoms with Crippen LogP contribution in [-0.2, 0) is 21.4 Å². The predicted octanol–water partition coefficient (Wildman–Crippen LogP) is 2.99. The minimum absolute atomic E-state index is 0.0514. The Kier molecular flexibility index (Phi) is 7.44. The van der Waals surface area contributed by atoms with Gasteiger partial charge >= 0.3 is 0 Å². The second kappa shape index (κ2) is 9.34. The van der Waals surface area contributed by atoms with E-state index in [1.54, 1.807) is 0 Å². The first kappa shape index (κ1) is 19.9. The molecule has 0 radical (unpaired) electrons. The fourth-order valence-corrected chi connectivity index (χ4v) is 4.02. The number of rotatable bonds is 7. The van der Waals surface area contributed by atoms with E-state index < -0.39 is 10.0 Å². The van der Waals surface area contributed by atoms with Crippen molar-refractivity contribution in [2.75, 3.05) is 12.8 Å². The van der Waals surface area contributed by atoms with E-state index in [2.05, 4.69) is 5.32 Å². The Balaban J connectivity index is 1.88. The summed E-state index contributed by atoms with van der Waals surface area (Å²) in [5.41, 5.74) is 2.07. The molecule has 5 nitrogen and oxygen atoms in total. The van der Waals surface area contributed by atoms with Crippen molar-refractivity contribution in [2.24, 2.45) is 0 Å². The first-order valence-corrected chi connectivity index (χ1v) is 11.0. The Morgan fingerprint density at radius 2 is 1.72 bits per heavy atom. The summed E-state index contributed by atoms with van der Waals surface area (Å²) < 4.78 is 25.5. The molecule has 0 unspecified atom stereocenters. The lowest BCUT2D eigenvalue weighted by atomic mass is 10.1. The normalized spacial score (nSPS) is 16.6. The molecule has 0 atom stereocenters. The number of carbonyl (C=O) groups is 1. The van der Waals surface area contributed by atoms with Gasteiger partial charge in [0.15, 0.2) is 0 Å². The Hall–Kier alpha value is -1.40. The van der Waals surface area contributed by atoms with E-state index >= 15 is 0 Å². The molecule has 0 aromatic heterocycles. The maximum absolute atomic E-state index is 12.2. The highest BCUT2D eigenvalue weighted by molar-refractivity contribution is 7.88. The van der Waals surface area contributed by atoms with Crippen molar-refractivity contribution in [1.29, 1.82) is 0 Å². The van der Waals surface area contributed by atoms with Crippen LogP contribution in [0.3, 0.4) is 0 Å². The van der Waals surface area contributed by atoms with E-state index in [1.165, 1.54) is 23.4 Å². The average molecular weight is 367 g/mol. The van der Waals surface area contributed by atoms with Crippen molar-refractivity contribution in [3.05, 3.63) is 35.4 Å². The summed E-state index contributed by atoms with van der Waals surface area (Å²) in [4.78, 5) is 12.2. The van der Waals surface area contributed by atoms with Crippen LogP contribution in [0.5, 0.6) is 0 Å². The zero-order valence-electron chi connectivity index (χ0n) is 15.3. The lowest BCUT2D eigenvalue weighted by Crippen LogP contribution is -2.38. The van der Waals surface area contributed by atoms with E-state index in [9.17, 15) is 13.2 Å². The summed E-state index contributed by atoms with van der Waals surface area (Å²) in [6.07, 6.45) is 8.27. The van der Waals surface area contributed by atoms with Gasteiger partial charge in [-0.2, -0.15) is 4.31 Å². The SMILES string of the molecule is Cc1ccc(CN(CCC(=O)NC2CCCCCC2)S(C)(=O)=O)cc1. The van der Waals surface area contributed by atoms with Gasteiger partial charge < -0.3 is 5.32 Å². The molecule has 0 heterocycles. The summed E-state index contributed by atoms with van der Waals surface area (Å²) in [5, 5.41) is 3.08. The van der Waals surface area contributed by atoms with E-state index in [1.807, 2.05) is 31.2 Å². The molecule has 25 heavy (non-hydrogen) atoms. The molecular formula is C19H30N2O3S. The van der Waals surface area contributed by atoms with Crippen LogP contribution in [0.25, 0.3) is 0 Å². The third kappa shape index (κ3) is 7.16. The van der Waals surface area contributed by atoms with Crippen LogP contribution in [0.15, 0.2) is 24.3 Å². The standard InChI is InChI=1S/C19H30N2O3S/c1-16-9-11-17(12-10-16)15-21(25(2,23)24)14-13-19(22)20-18-7-5-3-4-6-8-18/h9-12,18H,3-8,13-15H2,1-2H3,(H,20,22). The quantitative estimate of drug-likeness (QED) is 0.755. The van der Waals surface area contributed by atoms with Crippen molar-refractivity contribution in [2.45, 2.75) is 64.5 Å². The van der Waals surface area contributed by atoms with Gasteiger partial charge in [-0.1, -0.05) is 55.5 Å². The molecule has 1 aliphatic carbocycles. The maximum atomic E-state index is 12.2. The van der Waals surface area contributed by atoms with Gasteiger partial charge in [0.25, 0.3) is 0 Å². The zero-order chi connectivity index (χ0) is 18.3. The van der Waals surface area contributed by atoms with Gasteiger partial charge in [0, 0.05) is 25.6 Å². The molecular weight excluding hydrogens is 336 g/mol. The number of hydrogen-bond acceptors (Lipinski definition) is 3. The van der Waals surface area contributed by atoms with Crippen molar-refractivity contribution < 1.29 is 13.2 Å². The molecule has 0 bridgehead atoms. The molecule has 1 fully saturated rings. The van der Waals surface area contributed by atoms with E-state index in [-0.39, 0.29) is 24.9 Å². The molecule has 0 aliphatic heterocycles. The first-order chi connectivity index (χ1) is 11.8. The first-order valence-electron chi connectivity index (χ1n) is 9.14. The molecule has 1 aromatic rings. The van der Waals surface area contributed by atoms with Crippen LogP contribution in [0.1, 0.15) is 56.1 Å². The number of sulfonamides is 1. The molecule has 0 saturated heterocycles. The van der Waals surface area contributed by atoms with Crippen molar-refractivity contribution in [3.63, 3.8) is 0 Å². The predicted molar refractivity (Wildman–Crippen MR) is 101 cm³/mol. The summed E-state index contributed by atoms with van der Waals surface area (Å²) in [5.74, 6) is -0.0514. The number of nitrogens with zero attached hydrogens (tertiary/aromatic N) is 1. The molecule has 6 heteroatoms. The molecule has 1 N–H and O–H groups in total. The summed E-state index contributed by atoms with van der Waals surface area (Å²) >= 11 is 0. The van der Waals surface area contributed by atoms with Crippen LogP contribution < -0.4 is 5.32 Å². The third-order valence-electron chi connectivity index (χ3n) is 4.76. The van der Waals surface area contributed by atoms with Gasteiger partial charge in [-0.25, -0.2) is 8.42 Å². The molecule has 1 aliphatic rings. The number of benzene rings is 1. The largest absolute Gasteiger partial charge is 0.353 e. The minimum atomic E-state index is -3.35. The number of aryl methyl sites for hydroxylation is 1. The minimum Gasteiger partial charge on any atom is -0.353 e. The lowest BCUT2D eigenvalue weighted by Gasteiger charge is -2.21. The molecule has 140 valence electrons. The fraction of sp³-hybridized carbons (Fsp3) is 0.632. The van der Waals surface area contributed by atoms with Crippen LogP contribution in [0.4, 0.5) is 0 Å². The number of nitrogens with one attached hydrogen (secondary N) is 1. The molecule has 1 saturated carbocycles. The highest BCUT2D eigenvalue weighted by Gasteiger charge is 2.20. The van der Waals surface area contributed by atoms with Gasteiger partial charge in [0.1, 0.15) is 0 Å². The number of carbonyl (C=O) groups excluding carboxylic acids is 1. The summed E-state index contributed by atoms with van der Waals surface area (Å²) in [7, 11) is -3.35. The van der Waals surface area contributed by atoms with Crippen LogP contribution in [0.2, 0.25) is 0 Å². The average Bonchev–Trinajstić information content (AvgIpc) is 2.80. The Morgan fingerprint density at radius 1 is 1.12 bits per heavy atom.